The SMILES string of the molecule is COC1=CC(=O)N(C(=O)[C@H](C)[C@H](O)[C@H](C)NC(=O)OC(C)(C)C)C1C(C)C. The molecular formula is C19H32N2O6. The van der Waals surface area contributed by atoms with Gasteiger partial charge in [0.2, 0.25) is 5.91 Å². The largest absolute Gasteiger partial charge is 0.499 e. The van der Waals surface area contributed by atoms with Crippen molar-refractivity contribution in [3.05, 3.63) is 11.8 Å². The van der Waals surface area contributed by atoms with Crippen molar-refractivity contribution in [3.8, 4) is 0 Å². The number of carbonyl (C=O) groups is 3. The summed E-state index contributed by atoms with van der Waals surface area (Å²) in [6, 6.07) is -1.26. The van der Waals surface area contributed by atoms with Crippen molar-refractivity contribution in [1.29, 1.82) is 0 Å². The predicted octanol–water partition coefficient (Wildman–Crippen LogP) is 1.82. The van der Waals surface area contributed by atoms with Gasteiger partial charge in [0.1, 0.15) is 11.4 Å². The minimum absolute atomic E-state index is 0.0479. The van der Waals surface area contributed by atoms with E-state index >= 15 is 0 Å². The molecule has 4 atom stereocenters. The Kier molecular flexibility index (Phi) is 7.42. The van der Waals surface area contributed by atoms with Gasteiger partial charge in [-0.3, -0.25) is 14.5 Å². The average molecular weight is 384 g/mol. The van der Waals surface area contributed by atoms with Crippen molar-refractivity contribution >= 4 is 17.9 Å². The molecule has 0 saturated heterocycles. The van der Waals surface area contributed by atoms with Crippen LogP contribution in [-0.4, -0.2) is 58.8 Å². The number of alkyl carbamates (subject to hydrolysis) is 1. The lowest BCUT2D eigenvalue weighted by Crippen LogP contribution is -2.52. The molecule has 1 aliphatic heterocycles. The minimum atomic E-state index is -1.20. The number of nitrogens with one attached hydrogen (secondary N) is 1. The molecule has 8 heteroatoms. The van der Waals surface area contributed by atoms with Crippen LogP contribution in [0.4, 0.5) is 4.79 Å². The highest BCUT2D eigenvalue weighted by atomic mass is 16.6. The van der Waals surface area contributed by atoms with Crippen molar-refractivity contribution in [2.75, 3.05) is 7.11 Å². The van der Waals surface area contributed by atoms with Gasteiger partial charge in [-0.1, -0.05) is 20.8 Å². The highest BCUT2D eigenvalue weighted by Gasteiger charge is 2.43. The third-order valence-corrected chi connectivity index (χ3v) is 4.34. The fraction of sp³-hybridized carbons (Fsp3) is 0.737. The van der Waals surface area contributed by atoms with Gasteiger partial charge in [-0.25, -0.2) is 4.79 Å². The zero-order valence-electron chi connectivity index (χ0n) is 17.4. The first kappa shape index (κ1) is 23.0. The average Bonchev–Trinajstić information content (AvgIpc) is 2.87. The van der Waals surface area contributed by atoms with Crippen molar-refractivity contribution in [3.63, 3.8) is 0 Å². The highest BCUT2D eigenvalue weighted by molar-refractivity contribution is 6.05. The molecule has 1 rings (SSSR count). The van der Waals surface area contributed by atoms with E-state index in [-0.39, 0.29) is 5.92 Å². The van der Waals surface area contributed by atoms with Gasteiger partial charge in [-0.05, 0) is 33.6 Å². The van der Waals surface area contributed by atoms with E-state index in [1.807, 2.05) is 13.8 Å². The first-order valence-corrected chi connectivity index (χ1v) is 9.10. The summed E-state index contributed by atoms with van der Waals surface area (Å²) in [5, 5.41) is 13.0. The van der Waals surface area contributed by atoms with Gasteiger partial charge in [0.15, 0.2) is 0 Å². The van der Waals surface area contributed by atoms with E-state index in [1.54, 1.807) is 27.7 Å². The van der Waals surface area contributed by atoms with E-state index in [0.29, 0.717) is 5.76 Å². The molecule has 3 amide bonds. The van der Waals surface area contributed by atoms with Gasteiger partial charge in [0, 0.05) is 6.08 Å². The first-order chi connectivity index (χ1) is 12.3. The second-order valence-corrected chi connectivity index (χ2v) is 8.20. The molecule has 154 valence electrons. The monoisotopic (exact) mass is 384 g/mol. The van der Waals surface area contributed by atoms with Gasteiger partial charge in [0.05, 0.1) is 31.2 Å². The van der Waals surface area contributed by atoms with Crippen LogP contribution < -0.4 is 5.32 Å². The summed E-state index contributed by atoms with van der Waals surface area (Å²) >= 11 is 0. The maximum Gasteiger partial charge on any atom is 0.407 e. The van der Waals surface area contributed by atoms with E-state index in [0.717, 1.165) is 4.90 Å². The molecule has 1 aliphatic rings. The van der Waals surface area contributed by atoms with Crippen molar-refractivity contribution < 1.29 is 29.0 Å². The molecule has 0 aromatic carbocycles. The molecule has 0 aromatic heterocycles. The maximum absolute atomic E-state index is 12.9. The van der Waals surface area contributed by atoms with Crippen molar-refractivity contribution in [1.82, 2.24) is 10.2 Å². The summed E-state index contributed by atoms with van der Waals surface area (Å²) in [6.07, 6.45) is -0.587. The smallest absolute Gasteiger partial charge is 0.407 e. The van der Waals surface area contributed by atoms with Crippen LogP contribution in [0.2, 0.25) is 0 Å². The Morgan fingerprint density at radius 3 is 2.22 bits per heavy atom. The molecule has 2 N–H and O–H groups in total. The Balaban J connectivity index is 2.85. The van der Waals surface area contributed by atoms with Crippen LogP contribution in [0, 0.1) is 11.8 Å². The predicted molar refractivity (Wildman–Crippen MR) is 99.6 cm³/mol. The summed E-state index contributed by atoms with van der Waals surface area (Å²) in [6.45, 7) is 12.0. The van der Waals surface area contributed by atoms with Crippen LogP contribution in [-0.2, 0) is 19.1 Å². The van der Waals surface area contributed by atoms with Crippen LogP contribution in [0.25, 0.3) is 0 Å². The lowest BCUT2D eigenvalue weighted by Gasteiger charge is -2.32. The second-order valence-electron chi connectivity index (χ2n) is 8.20. The Bertz CT molecular complexity index is 608. The van der Waals surface area contributed by atoms with Gasteiger partial charge < -0.3 is 19.9 Å². The van der Waals surface area contributed by atoms with Gasteiger partial charge >= 0.3 is 6.09 Å². The molecule has 0 aliphatic carbocycles. The summed E-state index contributed by atoms with van der Waals surface area (Å²) in [7, 11) is 1.45. The van der Waals surface area contributed by atoms with Crippen LogP contribution in [0.15, 0.2) is 11.8 Å². The number of aliphatic hydroxyl groups is 1. The lowest BCUT2D eigenvalue weighted by atomic mass is 9.95. The number of hydrogen-bond acceptors (Lipinski definition) is 6. The first-order valence-electron chi connectivity index (χ1n) is 9.10. The van der Waals surface area contributed by atoms with Crippen LogP contribution in [0.1, 0.15) is 48.5 Å². The molecule has 1 unspecified atom stereocenters. The number of aliphatic hydroxyl groups excluding tert-OH is 1. The van der Waals surface area contributed by atoms with Crippen molar-refractivity contribution in [2.24, 2.45) is 11.8 Å². The molecule has 8 nitrogen and oxygen atoms in total. The molecule has 0 bridgehead atoms. The molecule has 0 spiro atoms. The standard InChI is InChI=1S/C19H32N2O6/c1-10(2)15-13(26-8)9-14(22)21(15)17(24)11(3)16(23)12(4)20-18(25)27-19(5,6)7/h9-12,15-16,23H,1-8H3,(H,20,25)/t11-,12+,15?,16+/m1/s1. The second kappa shape index (κ2) is 8.73. The zero-order chi connectivity index (χ0) is 21.1. The van der Waals surface area contributed by atoms with E-state index in [2.05, 4.69) is 5.32 Å². The summed E-state index contributed by atoms with van der Waals surface area (Å²) < 4.78 is 10.4. The van der Waals surface area contributed by atoms with E-state index in [1.165, 1.54) is 20.1 Å². The van der Waals surface area contributed by atoms with Gasteiger partial charge in [0.25, 0.3) is 5.91 Å². The van der Waals surface area contributed by atoms with Crippen molar-refractivity contribution in [2.45, 2.75) is 72.3 Å². The number of nitrogens with zero attached hydrogens (tertiary/aromatic N) is 1. The third kappa shape index (κ3) is 5.69. The Morgan fingerprint density at radius 2 is 1.78 bits per heavy atom. The maximum atomic E-state index is 12.9. The molecular weight excluding hydrogens is 352 g/mol. The lowest BCUT2D eigenvalue weighted by molar-refractivity contribution is -0.149. The minimum Gasteiger partial charge on any atom is -0.499 e. The molecule has 1 heterocycles. The van der Waals surface area contributed by atoms with Crippen LogP contribution in [0.3, 0.4) is 0 Å². The fourth-order valence-corrected chi connectivity index (χ4v) is 2.97. The normalized spacial score (nSPS) is 20.8. The van der Waals surface area contributed by atoms with E-state index in [9.17, 15) is 19.5 Å². The summed E-state index contributed by atoms with van der Waals surface area (Å²) in [5.41, 5.74) is -0.676. The van der Waals surface area contributed by atoms with Crippen LogP contribution >= 0.6 is 0 Å². The molecule has 0 fully saturated rings. The Morgan fingerprint density at radius 1 is 1.22 bits per heavy atom. The quantitative estimate of drug-likeness (QED) is 0.724. The molecule has 27 heavy (non-hydrogen) atoms. The Hall–Kier alpha value is -2.09. The number of hydrogen-bond donors (Lipinski definition) is 2. The topological polar surface area (TPSA) is 105 Å². The third-order valence-electron chi connectivity index (χ3n) is 4.34. The zero-order valence-corrected chi connectivity index (χ0v) is 17.4. The molecule has 0 radical (unpaired) electrons. The Labute approximate surface area is 160 Å². The number of ether oxygens (including phenoxy) is 2. The molecule has 0 saturated carbocycles. The summed E-state index contributed by atoms with van der Waals surface area (Å²) in [4.78, 5) is 38.2. The number of methoxy groups -OCH3 is 1. The summed E-state index contributed by atoms with van der Waals surface area (Å²) in [5.74, 6) is -1.53. The van der Waals surface area contributed by atoms with Gasteiger partial charge in [-0.15, -0.1) is 0 Å². The van der Waals surface area contributed by atoms with E-state index in [4.69, 9.17) is 9.47 Å². The number of carbonyl (C=O) groups excluding carboxylic acids is 3. The number of amides is 3. The fourth-order valence-electron chi connectivity index (χ4n) is 2.97. The molecule has 0 aromatic rings. The number of imide groups is 1. The number of rotatable bonds is 6. The van der Waals surface area contributed by atoms with Gasteiger partial charge in [-0.2, -0.15) is 0 Å². The van der Waals surface area contributed by atoms with E-state index < -0.39 is 47.6 Å². The highest BCUT2D eigenvalue weighted by Crippen LogP contribution is 2.28. The van der Waals surface area contributed by atoms with Crippen LogP contribution in [0.5, 0.6) is 0 Å².